The third-order valence-electron chi connectivity index (χ3n) is 2.46. The molecular weight excluding hydrogens is 232 g/mol. The van der Waals surface area contributed by atoms with Crippen molar-refractivity contribution in [3.8, 4) is 5.75 Å². The average molecular weight is 243 g/mol. The van der Waals surface area contributed by atoms with Gasteiger partial charge in [-0.2, -0.15) is 0 Å². The molecule has 0 unspecified atom stereocenters. The van der Waals surface area contributed by atoms with Crippen molar-refractivity contribution < 1.29 is 19.4 Å². The molecule has 0 amide bonds. The fourth-order valence-electron chi connectivity index (χ4n) is 1.69. The predicted octanol–water partition coefficient (Wildman–Crippen LogP) is 2.22. The van der Waals surface area contributed by atoms with Gasteiger partial charge in [0, 0.05) is 17.0 Å². The number of halogens is 1. The Morgan fingerprint density at radius 3 is 3.06 bits per heavy atom. The van der Waals surface area contributed by atoms with E-state index in [0.717, 1.165) is 16.9 Å². The molecule has 1 aliphatic rings. The molecule has 0 aromatic heterocycles. The number of benzene rings is 1. The van der Waals surface area contributed by atoms with Gasteiger partial charge < -0.3 is 14.6 Å². The zero-order valence-electron chi connectivity index (χ0n) is 8.53. The van der Waals surface area contributed by atoms with Gasteiger partial charge in [0.25, 0.3) is 0 Å². The second kappa shape index (κ2) is 4.72. The lowest BCUT2D eigenvalue weighted by Gasteiger charge is -2.21. The summed E-state index contributed by atoms with van der Waals surface area (Å²) in [6, 6.07) is 3.51. The first-order valence-corrected chi connectivity index (χ1v) is 5.29. The van der Waals surface area contributed by atoms with Gasteiger partial charge in [0.15, 0.2) is 6.79 Å². The maximum absolute atomic E-state index is 10.5. The number of rotatable bonds is 3. The number of carboxylic acid groups (broad SMARTS) is 1. The summed E-state index contributed by atoms with van der Waals surface area (Å²) in [4.78, 5) is 10.5. The van der Waals surface area contributed by atoms with Crippen LogP contribution in [-0.2, 0) is 22.6 Å². The summed E-state index contributed by atoms with van der Waals surface area (Å²) in [5.74, 6) is -0.109. The summed E-state index contributed by atoms with van der Waals surface area (Å²) in [7, 11) is 0. The van der Waals surface area contributed by atoms with Gasteiger partial charge in [-0.1, -0.05) is 11.6 Å². The Morgan fingerprint density at radius 2 is 2.31 bits per heavy atom. The van der Waals surface area contributed by atoms with Gasteiger partial charge in [0.05, 0.1) is 6.61 Å². The smallest absolute Gasteiger partial charge is 0.303 e. The van der Waals surface area contributed by atoms with Gasteiger partial charge in [-0.25, -0.2) is 0 Å². The van der Waals surface area contributed by atoms with Crippen molar-refractivity contribution in [1.82, 2.24) is 0 Å². The highest BCUT2D eigenvalue weighted by Gasteiger charge is 2.17. The fraction of sp³-hybridized carbons (Fsp3) is 0.364. The van der Waals surface area contributed by atoms with Crippen LogP contribution in [0.5, 0.6) is 5.75 Å². The van der Waals surface area contributed by atoms with Gasteiger partial charge in [0.2, 0.25) is 0 Å². The molecule has 2 rings (SSSR count). The molecular formula is C11H11ClO4. The molecule has 0 atom stereocenters. The normalized spacial score (nSPS) is 14.1. The van der Waals surface area contributed by atoms with E-state index in [1.807, 2.05) is 0 Å². The van der Waals surface area contributed by atoms with Gasteiger partial charge in [-0.3, -0.25) is 4.79 Å². The molecule has 5 heteroatoms. The maximum Gasteiger partial charge on any atom is 0.303 e. The molecule has 16 heavy (non-hydrogen) atoms. The fourth-order valence-corrected chi connectivity index (χ4v) is 1.96. The molecule has 1 aromatic rings. The van der Waals surface area contributed by atoms with Crippen molar-refractivity contribution in [2.24, 2.45) is 0 Å². The molecule has 1 aliphatic heterocycles. The minimum absolute atomic E-state index is 0.0518. The van der Waals surface area contributed by atoms with Gasteiger partial charge in [-0.15, -0.1) is 0 Å². The van der Waals surface area contributed by atoms with E-state index < -0.39 is 5.97 Å². The number of carbonyl (C=O) groups is 1. The zero-order chi connectivity index (χ0) is 11.5. The Bertz CT molecular complexity index is 417. The van der Waals surface area contributed by atoms with Gasteiger partial charge >= 0.3 is 5.97 Å². The first-order chi connectivity index (χ1) is 7.68. The van der Waals surface area contributed by atoms with Crippen LogP contribution >= 0.6 is 11.6 Å². The minimum Gasteiger partial charge on any atom is -0.481 e. The topological polar surface area (TPSA) is 55.8 Å². The Morgan fingerprint density at radius 1 is 1.50 bits per heavy atom. The molecule has 0 aliphatic carbocycles. The SMILES string of the molecule is O=C(O)CCc1c(Cl)ccc2c1COCO2. The molecule has 0 radical (unpaired) electrons. The van der Waals surface area contributed by atoms with E-state index in [2.05, 4.69) is 0 Å². The number of hydrogen-bond donors (Lipinski definition) is 1. The van der Waals surface area contributed by atoms with Crippen molar-refractivity contribution in [1.29, 1.82) is 0 Å². The largest absolute Gasteiger partial charge is 0.481 e. The van der Waals surface area contributed by atoms with E-state index in [1.54, 1.807) is 12.1 Å². The molecule has 0 fully saturated rings. The van der Waals surface area contributed by atoms with Crippen LogP contribution in [0.3, 0.4) is 0 Å². The number of hydrogen-bond acceptors (Lipinski definition) is 3. The Hall–Kier alpha value is -1.26. The molecule has 0 spiro atoms. The van der Waals surface area contributed by atoms with Crippen LogP contribution in [0.1, 0.15) is 17.5 Å². The van der Waals surface area contributed by atoms with E-state index in [0.29, 0.717) is 18.1 Å². The molecule has 1 N–H and O–H groups in total. The predicted molar refractivity (Wildman–Crippen MR) is 57.7 cm³/mol. The second-order valence-corrected chi connectivity index (χ2v) is 3.91. The third-order valence-corrected chi connectivity index (χ3v) is 2.82. The highest BCUT2D eigenvalue weighted by Crippen LogP contribution is 2.32. The summed E-state index contributed by atoms with van der Waals surface area (Å²) in [6.07, 6.45) is 0.445. The average Bonchev–Trinajstić information content (AvgIpc) is 2.27. The number of carboxylic acids is 1. The van der Waals surface area contributed by atoms with Crippen LogP contribution in [0.15, 0.2) is 12.1 Å². The Balaban J connectivity index is 2.30. The molecule has 0 saturated heterocycles. The second-order valence-electron chi connectivity index (χ2n) is 3.51. The van der Waals surface area contributed by atoms with Gasteiger partial charge in [-0.05, 0) is 24.1 Å². The van der Waals surface area contributed by atoms with Crippen LogP contribution in [0, 0.1) is 0 Å². The summed E-state index contributed by atoms with van der Waals surface area (Å²) >= 11 is 6.04. The number of fused-ring (bicyclic) bond motifs is 1. The van der Waals surface area contributed by atoms with E-state index in [4.69, 9.17) is 26.2 Å². The standard InChI is InChI=1S/C11H11ClO4/c12-9-2-3-10-8(5-15-6-16-10)7(9)1-4-11(13)14/h2-3H,1,4-6H2,(H,13,14). The number of ether oxygens (including phenoxy) is 2. The Labute approximate surface area is 97.7 Å². The molecule has 4 nitrogen and oxygen atoms in total. The third kappa shape index (κ3) is 2.28. The van der Waals surface area contributed by atoms with Crippen molar-refractivity contribution in [2.45, 2.75) is 19.4 Å². The van der Waals surface area contributed by atoms with Crippen LogP contribution in [0.2, 0.25) is 5.02 Å². The quantitative estimate of drug-likeness (QED) is 0.883. The first-order valence-electron chi connectivity index (χ1n) is 4.91. The summed E-state index contributed by atoms with van der Waals surface area (Å²) in [5, 5.41) is 9.23. The lowest BCUT2D eigenvalue weighted by atomic mass is 10.0. The molecule has 86 valence electrons. The molecule has 0 saturated carbocycles. The Kier molecular flexibility index (Phi) is 3.31. The molecule has 1 aromatic carbocycles. The zero-order valence-corrected chi connectivity index (χ0v) is 9.29. The van der Waals surface area contributed by atoms with Crippen LogP contribution in [-0.4, -0.2) is 17.9 Å². The van der Waals surface area contributed by atoms with Crippen molar-refractivity contribution >= 4 is 17.6 Å². The van der Waals surface area contributed by atoms with Crippen molar-refractivity contribution in [3.63, 3.8) is 0 Å². The molecule has 0 bridgehead atoms. The monoisotopic (exact) mass is 242 g/mol. The molecule has 1 heterocycles. The van der Waals surface area contributed by atoms with E-state index in [1.165, 1.54) is 0 Å². The van der Waals surface area contributed by atoms with E-state index >= 15 is 0 Å². The lowest BCUT2D eigenvalue weighted by molar-refractivity contribution is -0.136. The van der Waals surface area contributed by atoms with Crippen LogP contribution in [0.25, 0.3) is 0 Å². The summed E-state index contributed by atoms with van der Waals surface area (Å²) in [6.45, 7) is 0.651. The van der Waals surface area contributed by atoms with E-state index in [-0.39, 0.29) is 13.2 Å². The van der Waals surface area contributed by atoms with Crippen LogP contribution < -0.4 is 4.74 Å². The summed E-state index contributed by atoms with van der Waals surface area (Å²) in [5.41, 5.74) is 1.67. The lowest BCUT2D eigenvalue weighted by Crippen LogP contribution is -2.14. The maximum atomic E-state index is 10.5. The van der Waals surface area contributed by atoms with Gasteiger partial charge in [0.1, 0.15) is 5.75 Å². The first kappa shape index (κ1) is 11.2. The minimum atomic E-state index is -0.841. The van der Waals surface area contributed by atoms with Crippen molar-refractivity contribution in [2.75, 3.05) is 6.79 Å². The van der Waals surface area contributed by atoms with E-state index in [9.17, 15) is 4.79 Å². The number of aliphatic carboxylic acids is 1. The van der Waals surface area contributed by atoms with Crippen LogP contribution in [0.4, 0.5) is 0 Å². The highest BCUT2D eigenvalue weighted by molar-refractivity contribution is 6.31. The van der Waals surface area contributed by atoms with Crippen molar-refractivity contribution in [3.05, 3.63) is 28.3 Å². The highest BCUT2D eigenvalue weighted by atomic mass is 35.5. The summed E-state index contributed by atoms with van der Waals surface area (Å²) < 4.78 is 10.5.